The van der Waals surface area contributed by atoms with Gasteiger partial charge in [0.1, 0.15) is 17.3 Å². The smallest absolute Gasteiger partial charge is 0.271 e. The fraction of sp³-hybridized carbons (Fsp3) is 0.389. The van der Waals surface area contributed by atoms with Crippen molar-refractivity contribution >= 4 is 21.6 Å². The Morgan fingerprint density at radius 1 is 1.26 bits per heavy atom. The summed E-state index contributed by atoms with van der Waals surface area (Å²) in [5.41, 5.74) is 1.25. The second-order valence-electron chi connectivity index (χ2n) is 6.35. The summed E-state index contributed by atoms with van der Waals surface area (Å²) in [5.74, 6) is 1.08. The lowest BCUT2D eigenvalue weighted by Crippen LogP contribution is -2.36. The Bertz CT molecular complexity index is 900. The Morgan fingerprint density at radius 3 is 2.74 bits per heavy atom. The van der Waals surface area contributed by atoms with Crippen molar-refractivity contribution in [3.8, 4) is 5.75 Å². The maximum atomic E-state index is 12.1. The number of aromatic nitrogens is 2. The minimum absolute atomic E-state index is 0.0191. The second-order valence-corrected chi connectivity index (χ2v) is 8.58. The van der Waals surface area contributed by atoms with Gasteiger partial charge in [-0.05, 0) is 24.5 Å². The number of amides is 1. The summed E-state index contributed by atoms with van der Waals surface area (Å²) in [5, 5.41) is 5.85. The molecule has 0 aliphatic carbocycles. The third-order valence-electron chi connectivity index (χ3n) is 4.35. The SMILES string of the molecule is COc1ccccc1CCNc1cnc(C(=O)NC2CCS(=O)(=O)C2)cn1. The van der Waals surface area contributed by atoms with E-state index in [0.717, 1.165) is 17.7 Å². The molecule has 1 aromatic heterocycles. The van der Waals surface area contributed by atoms with Gasteiger partial charge in [-0.3, -0.25) is 4.79 Å². The van der Waals surface area contributed by atoms with Crippen LogP contribution in [0.2, 0.25) is 0 Å². The van der Waals surface area contributed by atoms with Crippen LogP contribution in [0, 0.1) is 0 Å². The molecule has 0 saturated carbocycles. The summed E-state index contributed by atoms with van der Waals surface area (Å²) < 4.78 is 28.2. The molecule has 3 rings (SSSR count). The third-order valence-corrected chi connectivity index (χ3v) is 6.11. The zero-order chi connectivity index (χ0) is 19.3. The van der Waals surface area contributed by atoms with E-state index in [1.807, 2.05) is 24.3 Å². The summed E-state index contributed by atoms with van der Waals surface area (Å²) in [4.78, 5) is 20.4. The van der Waals surface area contributed by atoms with Gasteiger partial charge in [0.25, 0.3) is 5.91 Å². The van der Waals surface area contributed by atoms with E-state index in [9.17, 15) is 13.2 Å². The number of carbonyl (C=O) groups is 1. The van der Waals surface area contributed by atoms with Crippen LogP contribution in [0.4, 0.5) is 5.82 Å². The Balaban J connectivity index is 1.50. The highest BCUT2D eigenvalue weighted by molar-refractivity contribution is 7.91. The molecule has 0 spiro atoms. The van der Waals surface area contributed by atoms with Crippen molar-refractivity contribution in [1.29, 1.82) is 0 Å². The number of hydrogen-bond acceptors (Lipinski definition) is 7. The summed E-state index contributed by atoms with van der Waals surface area (Å²) in [7, 11) is -1.40. The Morgan fingerprint density at radius 2 is 2.07 bits per heavy atom. The van der Waals surface area contributed by atoms with Crippen LogP contribution in [0.3, 0.4) is 0 Å². The normalized spacial score (nSPS) is 18.0. The van der Waals surface area contributed by atoms with E-state index in [0.29, 0.717) is 18.8 Å². The predicted molar refractivity (Wildman–Crippen MR) is 102 cm³/mol. The van der Waals surface area contributed by atoms with Gasteiger partial charge in [-0.1, -0.05) is 18.2 Å². The summed E-state index contributed by atoms with van der Waals surface area (Å²) in [6.45, 7) is 0.639. The van der Waals surface area contributed by atoms with Crippen molar-refractivity contribution in [2.24, 2.45) is 0 Å². The Labute approximate surface area is 158 Å². The second kappa shape index (κ2) is 8.34. The third kappa shape index (κ3) is 5.16. The molecule has 1 aliphatic rings. The fourth-order valence-corrected chi connectivity index (χ4v) is 4.61. The quantitative estimate of drug-likeness (QED) is 0.727. The van der Waals surface area contributed by atoms with Crippen LogP contribution < -0.4 is 15.4 Å². The van der Waals surface area contributed by atoms with Crippen LogP contribution in [0.5, 0.6) is 5.75 Å². The zero-order valence-electron chi connectivity index (χ0n) is 15.0. The number of ether oxygens (including phenoxy) is 1. The van der Waals surface area contributed by atoms with Gasteiger partial charge in [0.2, 0.25) is 0 Å². The van der Waals surface area contributed by atoms with Crippen molar-refractivity contribution in [1.82, 2.24) is 15.3 Å². The number of nitrogens with one attached hydrogen (secondary N) is 2. The van der Waals surface area contributed by atoms with Crippen molar-refractivity contribution in [2.45, 2.75) is 18.9 Å². The van der Waals surface area contributed by atoms with E-state index in [2.05, 4.69) is 20.6 Å². The van der Waals surface area contributed by atoms with Gasteiger partial charge in [-0.2, -0.15) is 0 Å². The van der Waals surface area contributed by atoms with Gasteiger partial charge in [0, 0.05) is 12.6 Å². The Hall–Kier alpha value is -2.68. The molecule has 0 bridgehead atoms. The van der Waals surface area contributed by atoms with Crippen molar-refractivity contribution < 1.29 is 17.9 Å². The van der Waals surface area contributed by atoms with E-state index < -0.39 is 15.7 Å². The maximum Gasteiger partial charge on any atom is 0.271 e. The van der Waals surface area contributed by atoms with Crippen LogP contribution in [0.15, 0.2) is 36.7 Å². The number of carbonyl (C=O) groups excluding carboxylic acids is 1. The molecular weight excluding hydrogens is 368 g/mol. The van der Waals surface area contributed by atoms with Gasteiger partial charge < -0.3 is 15.4 Å². The van der Waals surface area contributed by atoms with Crippen LogP contribution >= 0.6 is 0 Å². The summed E-state index contributed by atoms with van der Waals surface area (Å²) in [6.07, 6.45) is 4.06. The number of sulfone groups is 1. The predicted octanol–water partition coefficient (Wildman–Crippen LogP) is 1.06. The highest BCUT2D eigenvalue weighted by Gasteiger charge is 2.29. The molecule has 0 radical (unpaired) electrons. The van der Waals surface area contributed by atoms with Gasteiger partial charge in [0.15, 0.2) is 9.84 Å². The van der Waals surface area contributed by atoms with E-state index >= 15 is 0 Å². The first-order valence-corrected chi connectivity index (χ1v) is 10.5. The van der Waals surface area contributed by atoms with Crippen molar-refractivity contribution in [3.05, 3.63) is 47.9 Å². The van der Waals surface area contributed by atoms with Crippen molar-refractivity contribution in [2.75, 3.05) is 30.5 Å². The lowest BCUT2D eigenvalue weighted by atomic mass is 10.1. The van der Waals surface area contributed by atoms with E-state index in [-0.39, 0.29) is 23.2 Å². The first kappa shape index (κ1) is 19.1. The van der Waals surface area contributed by atoms with Crippen molar-refractivity contribution in [3.63, 3.8) is 0 Å². The van der Waals surface area contributed by atoms with E-state index in [1.165, 1.54) is 12.4 Å². The van der Waals surface area contributed by atoms with Gasteiger partial charge >= 0.3 is 0 Å². The molecule has 2 aromatic rings. The number of rotatable bonds is 7. The molecular formula is C18H22N4O4S. The molecule has 1 unspecified atom stereocenters. The van der Waals surface area contributed by atoms with Crippen LogP contribution in [-0.4, -0.2) is 55.5 Å². The molecule has 2 N–H and O–H groups in total. The summed E-state index contributed by atoms with van der Waals surface area (Å²) >= 11 is 0. The van der Waals surface area contributed by atoms with Gasteiger partial charge in [0.05, 0.1) is 31.0 Å². The molecule has 2 heterocycles. The average molecular weight is 390 g/mol. The van der Waals surface area contributed by atoms with Gasteiger partial charge in [-0.15, -0.1) is 0 Å². The summed E-state index contributed by atoms with van der Waals surface area (Å²) in [6, 6.07) is 7.44. The number of benzene rings is 1. The van der Waals surface area contributed by atoms with Crippen LogP contribution in [0.1, 0.15) is 22.5 Å². The van der Waals surface area contributed by atoms with Gasteiger partial charge in [-0.25, -0.2) is 18.4 Å². The number of para-hydroxylation sites is 1. The lowest BCUT2D eigenvalue weighted by Gasteiger charge is -2.11. The standard InChI is InChI=1S/C18H22N4O4S/c1-26-16-5-3-2-4-13(16)6-8-19-17-11-20-15(10-21-17)18(23)22-14-7-9-27(24,25)12-14/h2-5,10-11,14H,6-9,12H2,1H3,(H,19,21)(H,22,23). The first-order chi connectivity index (χ1) is 13.0. The molecule has 1 fully saturated rings. The molecule has 27 heavy (non-hydrogen) atoms. The van der Waals surface area contributed by atoms with Crippen LogP contribution in [-0.2, 0) is 16.3 Å². The molecule has 8 nitrogen and oxygen atoms in total. The highest BCUT2D eigenvalue weighted by atomic mass is 32.2. The molecule has 1 aromatic carbocycles. The van der Waals surface area contributed by atoms with Crippen LogP contribution in [0.25, 0.3) is 0 Å². The maximum absolute atomic E-state index is 12.1. The van der Waals surface area contributed by atoms with E-state index in [1.54, 1.807) is 7.11 Å². The largest absolute Gasteiger partial charge is 0.496 e. The number of nitrogens with zero attached hydrogens (tertiary/aromatic N) is 2. The molecule has 1 amide bonds. The number of anilines is 1. The molecule has 1 aliphatic heterocycles. The monoisotopic (exact) mass is 390 g/mol. The fourth-order valence-electron chi connectivity index (χ4n) is 2.94. The minimum atomic E-state index is -3.04. The topological polar surface area (TPSA) is 110 Å². The van der Waals surface area contributed by atoms with E-state index in [4.69, 9.17) is 4.74 Å². The number of hydrogen-bond donors (Lipinski definition) is 2. The molecule has 1 saturated heterocycles. The first-order valence-electron chi connectivity index (χ1n) is 8.66. The molecule has 1 atom stereocenters. The zero-order valence-corrected chi connectivity index (χ0v) is 15.8. The lowest BCUT2D eigenvalue weighted by molar-refractivity contribution is 0.0935. The molecule has 144 valence electrons. The highest BCUT2D eigenvalue weighted by Crippen LogP contribution is 2.17. The minimum Gasteiger partial charge on any atom is -0.496 e. The Kier molecular flexibility index (Phi) is 5.90. The molecule has 9 heteroatoms. The number of methoxy groups -OCH3 is 1. The average Bonchev–Trinajstić information content (AvgIpc) is 3.01.